The molecule has 4 rings (SSSR count). The molecule has 0 fully saturated rings. The predicted molar refractivity (Wildman–Crippen MR) is 136 cm³/mol. The summed E-state index contributed by atoms with van der Waals surface area (Å²) in [6.45, 7) is 7.55. The van der Waals surface area contributed by atoms with E-state index in [9.17, 15) is 9.59 Å². The molecule has 0 aliphatic carbocycles. The highest BCUT2D eigenvalue weighted by molar-refractivity contribution is 6.41. The summed E-state index contributed by atoms with van der Waals surface area (Å²) in [5.74, 6) is -0.211. The van der Waals surface area contributed by atoms with Crippen molar-refractivity contribution in [1.82, 2.24) is 30.2 Å². The van der Waals surface area contributed by atoms with Crippen LogP contribution in [0.5, 0.6) is 0 Å². The minimum Gasteiger partial charge on any atom is -0.368 e. The van der Waals surface area contributed by atoms with Gasteiger partial charge in [-0.3, -0.25) is 19.5 Å². The van der Waals surface area contributed by atoms with Gasteiger partial charge in [-0.15, -0.1) is 0 Å². The number of anilines is 2. The Hall–Kier alpha value is -3.76. The summed E-state index contributed by atoms with van der Waals surface area (Å²) in [4.78, 5) is 45.3. The second-order valence-electron chi connectivity index (χ2n) is 7.97. The third-order valence-corrected chi connectivity index (χ3v) is 6.06. The Morgan fingerprint density at radius 2 is 2.09 bits per heavy atom. The van der Waals surface area contributed by atoms with Gasteiger partial charge in [0, 0.05) is 31.2 Å². The zero-order valence-corrected chi connectivity index (χ0v) is 20.3. The third-order valence-electron chi connectivity index (χ3n) is 5.79. The van der Waals surface area contributed by atoms with E-state index in [1.165, 1.54) is 4.90 Å². The number of likely N-dealkylation sites (N-methyl/N-ethyl adjacent to an activating group) is 1. The normalized spacial score (nSPS) is 14.1. The highest BCUT2D eigenvalue weighted by Gasteiger charge is 2.37. The molecule has 1 aliphatic heterocycles. The number of nitrogen functional groups attached to an aromatic ring is 1. The van der Waals surface area contributed by atoms with Crippen LogP contribution in [0.15, 0.2) is 36.7 Å². The minimum absolute atomic E-state index is 0.0302. The molecule has 1 aliphatic rings. The van der Waals surface area contributed by atoms with E-state index in [0.29, 0.717) is 40.5 Å². The Balaban J connectivity index is 1.58. The Labute approximate surface area is 208 Å². The van der Waals surface area contributed by atoms with Crippen LogP contribution in [-0.4, -0.2) is 62.8 Å². The van der Waals surface area contributed by atoms with Gasteiger partial charge in [0.1, 0.15) is 5.15 Å². The molecule has 0 unspecified atom stereocenters. The fourth-order valence-corrected chi connectivity index (χ4v) is 4.17. The summed E-state index contributed by atoms with van der Waals surface area (Å²) >= 11 is 6.39. The number of pyridine rings is 1. The number of carbonyl (C=O) groups is 2. The maximum Gasteiger partial charge on any atom is 0.260 e. The summed E-state index contributed by atoms with van der Waals surface area (Å²) in [6.07, 6.45) is 4.90. The molecule has 10 nitrogen and oxygen atoms in total. The van der Waals surface area contributed by atoms with Crippen molar-refractivity contribution in [3.05, 3.63) is 64.3 Å². The number of rotatable bonds is 9. The standard InChI is InChI=1S/C24H27ClN8O2/c1-3-32(4-2)10-9-28-22(34)15-11-17(29-13-15)12-18-19-20(25)30-24(26)31-21(19)33(23(18)35)14-16-7-5-6-8-27-16/h5-8,11-13,29H,3-4,9-10,14H2,1-2H3,(H,28,34)(H2,26,30,31). The van der Waals surface area contributed by atoms with Crippen LogP contribution in [0.2, 0.25) is 5.15 Å². The van der Waals surface area contributed by atoms with Crippen LogP contribution in [0.4, 0.5) is 11.8 Å². The van der Waals surface area contributed by atoms with Crippen molar-refractivity contribution >= 4 is 46.8 Å². The summed E-state index contributed by atoms with van der Waals surface area (Å²) in [5, 5.41) is 3.00. The second kappa shape index (κ2) is 10.7. The molecule has 182 valence electrons. The molecule has 0 bridgehead atoms. The lowest BCUT2D eigenvalue weighted by molar-refractivity contribution is -0.113. The average Bonchev–Trinajstić information content (AvgIpc) is 3.42. The molecule has 3 aromatic rings. The number of fused-ring (bicyclic) bond motifs is 1. The van der Waals surface area contributed by atoms with E-state index in [1.54, 1.807) is 30.6 Å². The first-order valence-corrected chi connectivity index (χ1v) is 11.7. The molecule has 35 heavy (non-hydrogen) atoms. The van der Waals surface area contributed by atoms with Crippen molar-refractivity contribution in [2.75, 3.05) is 36.8 Å². The molecule has 4 heterocycles. The zero-order valence-electron chi connectivity index (χ0n) is 19.6. The van der Waals surface area contributed by atoms with E-state index in [-0.39, 0.29) is 29.5 Å². The van der Waals surface area contributed by atoms with Gasteiger partial charge in [0.05, 0.1) is 28.9 Å². The number of nitrogens with one attached hydrogen (secondary N) is 2. The molecule has 0 saturated heterocycles. The van der Waals surface area contributed by atoms with Gasteiger partial charge in [-0.1, -0.05) is 31.5 Å². The molecule has 11 heteroatoms. The van der Waals surface area contributed by atoms with Crippen molar-refractivity contribution < 1.29 is 9.59 Å². The van der Waals surface area contributed by atoms with E-state index < -0.39 is 0 Å². The molecule has 0 spiro atoms. The largest absolute Gasteiger partial charge is 0.368 e. The van der Waals surface area contributed by atoms with Crippen LogP contribution in [0.25, 0.3) is 11.6 Å². The van der Waals surface area contributed by atoms with Crippen molar-refractivity contribution in [2.45, 2.75) is 20.4 Å². The number of aromatic nitrogens is 4. The highest BCUT2D eigenvalue weighted by atomic mass is 35.5. The van der Waals surface area contributed by atoms with Crippen molar-refractivity contribution in [2.24, 2.45) is 0 Å². The third kappa shape index (κ3) is 5.33. The Morgan fingerprint density at radius 1 is 1.29 bits per heavy atom. The van der Waals surface area contributed by atoms with Crippen LogP contribution in [0, 0.1) is 0 Å². The Bertz CT molecular complexity index is 1250. The molecular weight excluding hydrogens is 468 g/mol. The Morgan fingerprint density at radius 3 is 2.80 bits per heavy atom. The number of aromatic amines is 1. The fourth-order valence-electron chi connectivity index (χ4n) is 3.90. The van der Waals surface area contributed by atoms with Gasteiger partial charge in [-0.25, -0.2) is 4.98 Å². The van der Waals surface area contributed by atoms with E-state index >= 15 is 0 Å². The lowest BCUT2D eigenvalue weighted by atomic mass is 10.1. The van der Waals surface area contributed by atoms with Crippen LogP contribution in [-0.2, 0) is 11.3 Å². The monoisotopic (exact) mass is 494 g/mol. The SMILES string of the molecule is CCN(CC)CCNC(=O)c1c[nH]c(C=C2C(=O)N(Cc3ccccn3)c3nc(N)nc(Cl)c32)c1. The number of carbonyl (C=O) groups excluding carboxylic acids is 2. The smallest absolute Gasteiger partial charge is 0.260 e. The average molecular weight is 495 g/mol. The number of hydrogen-bond acceptors (Lipinski definition) is 7. The quantitative estimate of drug-likeness (QED) is 0.307. The first kappa shape index (κ1) is 24.4. The molecular formula is C24H27ClN8O2. The lowest BCUT2D eigenvalue weighted by Crippen LogP contribution is -2.34. The van der Waals surface area contributed by atoms with Gasteiger partial charge >= 0.3 is 0 Å². The molecule has 0 atom stereocenters. The van der Waals surface area contributed by atoms with Crippen LogP contribution in [0.1, 0.15) is 41.2 Å². The first-order valence-electron chi connectivity index (χ1n) is 11.4. The number of halogens is 1. The van der Waals surface area contributed by atoms with Crippen LogP contribution < -0.4 is 16.0 Å². The van der Waals surface area contributed by atoms with E-state index in [4.69, 9.17) is 17.3 Å². The number of H-pyrrole nitrogens is 1. The fraction of sp³-hybridized carbons (Fsp3) is 0.292. The van der Waals surface area contributed by atoms with Crippen molar-refractivity contribution in [3.63, 3.8) is 0 Å². The maximum atomic E-state index is 13.4. The van der Waals surface area contributed by atoms with Crippen LogP contribution in [0.3, 0.4) is 0 Å². The number of nitrogens with two attached hydrogens (primary N) is 1. The van der Waals surface area contributed by atoms with E-state index in [0.717, 1.165) is 19.6 Å². The maximum absolute atomic E-state index is 13.4. The van der Waals surface area contributed by atoms with Gasteiger partial charge in [-0.05, 0) is 37.4 Å². The Kier molecular flexibility index (Phi) is 7.42. The summed E-state index contributed by atoms with van der Waals surface area (Å²) in [6, 6.07) is 7.14. The molecule has 0 aromatic carbocycles. The number of hydrogen-bond donors (Lipinski definition) is 3. The highest BCUT2D eigenvalue weighted by Crippen LogP contribution is 2.41. The summed E-state index contributed by atoms with van der Waals surface area (Å²) in [7, 11) is 0. The molecule has 0 radical (unpaired) electrons. The molecule has 3 aromatic heterocycles. The predicted octanol–water partition coefficient (Wildman–Crippen LogP) is 2.59. The van der Waals surface area contributed by atoms with Crippen molar-refractivity contribution in [3.8, 4) is 0 Å². The summed E-state index contributed by atoms with van der Waals surface area (Å²) < 4.78 is 0. The van der Waals surface area contributed by atoms with E-state index in [1.807, 2.05) is 12.1 Å². The van der Waals surface area contributed by atoms with Crippen LogP contribution >= 0.6 is 11.6 Å². The van der Waals surface area contributed by atoms with Crippen molar-refractivity contribution in [1.29, 1.82) is 0 Å². The van der Waals surface area contributed by atoms with Gasteiger partial charge in [0.2, 0.25) is 5.95 Å². The van der Waals surface area contributed by atoms with Gasteiger partial charge in [-0.2, -0.15) is 4.98 Å². The minimum atomic E-state index is -0.313. The van der Waals surface area contributed by atoms with Gasteiger partial charge < -0.3 is 20.9 Å². The number of amides is 2. The van der Waals surface area contributed by atoms with Gasteiger partial charge in [0.25, 0.3) is 11.8 Å². The number of nitrogens with zero attached hydrogens (tertiary/aromatic N) is 5. The second-order valence-corrected chi connectivity index (χ2v) is 8.33. The van der Waals surface area contributed by atoms with Gasteiger partial charge in [0.15, 0.2) is 5.82 Å². The molecule has 0 saturated carbocycles. The molecule has 2 amide bonds. The van der Waals surface area contributed by atoms with E-state index in [2.05, 4.69) is 44.0 Å². The molecule has 4 N–H and O–H groups in total. The first-order chi connectivity index (χ1) is 16.9. The lowest BCUT2D eigenvalue weighted by Gasteiger charge is -2.17. The zero-order chi connectivity index (χ0) is 24.9. The topological polar surface area (TPSA) is 133 Å². The summed E-state index contributed by atoms with van der Waals surface area (Å²) in [5.41, 5.74) is 8.22.